The van der Waals surface area contributed by atoms with Crippen LogP contribution in [0.5, 0.6) is 11.5 Å². The Hall–Kier alpha value is -2.87. The van der Waals surface area contributed by atoms with Gasteiger partial charge in [0.2, 0.25) is 5.69 Å². The molecular weight excluding hydrogens is 402 g/mol. The van der Waals surface area contributed by atoms with Crippen molar-refractivity contribution in [1.29, 1.82) is 0 Å². The molecule has 2 heterocycles. The van der Waals surface area contributed by atoms with Crippen molar-refractivity contribution in [3.8, 4) is 22.8 Å². The summed E-state index contributed by atoms with van der Waals surface area (Å²) in [6, 6.07) is 11.5. The summed E-state index contributed by atoms with van der Waals surface area (Å²) in [4.78, 5) is 0. The molecule has 0 amide bonds. The summed E-state index contributed by atoms with van der Waals surface area (Å²) in [5, 5.41) is 5.20. The Morgan fingerprint density at radius 1 is 0.970 bits per heavy atom. The average molecular weight is 439 g/mol. The van der Waals surface area contributed by atoms with E-state index in [2.05, 4.69) is 104 Å². The molecule has 0 saturated carbocycles. The molecule has 3 aromatic carbocycles. The molecule has 4 aromatic rings. The summed E-state index contributed by atoms with van der Waals surface area (Å²) >= 11 is 0. The Kier molecular flexibility index (Phi) is 4.87. The smallest absolute Gasteiger partial charge is 0.228 e. The van der Waals surface area contributed by atoms with E-state index in [1.165, 1.54) is 60.6 Å². The maximum Gasteiger partial charge on any atom is 0.228 e. The zero-order valence-electron chi connectivity index (χ0n) is 21.6. The summed E-state index contributed by atoms with van der Waals surface area (Å²) in [5.41, 5.74) is 9.29. The minimum atomic E-state index is 0.144. The highest BCUT2D eigenvalue weighted by molar-refractivity contribution is 6.07. The monoisotopic (exact) mass is 438 g/mol. The first-order valence-electron chi connectivity index (χ1n) is 12.2. The van der Waals surface area contributed by atoms with Gasteiger partial charge >= 0.3 is 0 Å². The molecular formula is C31H36NO+. The highest BCUT2D eigenvalue weighted by Crippen LogP contribution is 2.52. The predicted octanol–water partition coefficient (Wildman–Crippen LogP) is 8.23. The Balaban J connectivity index is 1.99. The van der Waals surface area contributed by atoms with Gasteiger partial charge in [0.1, 0.15) is 18.5 Å². The molecule has 5 rings (SSSR count). The van der Waals surface area contributed by atoms with Gasteiger partial charge in [0.05, 0.1) is 10.9 Å². The zero-order chi connectivity index (χ0) is 23.8. The van der Waals surface area contributed by atoms with E-state index in [0.717, 1.165) is 17.9 Å². The molecule has 33 heavy (non-hydrogen) atoms. The number of benzene rings is 3. The van der Waals surface area contributed by atoms with E-state index in [9.17, 15) is 0 Å². The van der Waals surface area contributed by atoms with E-state index >= 15 is 0 Å². The SMILES string of the molecule is Cc1cc(C)c2c(CC(C)(C)C)c3c(c(C)c2c1)-c1c2c(cc(C(C)C)cc2cc[n+]1C)O3. The Morgan fingerprint density at radius 2 is 1.70 bits per heavy atom. The fourth-order valence-corrected chi connectivity index (χ4v) is 5.64. The lowest BCUT2D eigenvalue weighted by atomic mass is 9.80. The Morgan fingerprint density at radius 3 is 2.36 bits per heavy atom. The summed E-state index contributed by atoms with van der Waals surface area (Å²) in [6.07, 6.45) is 3.17. The molecule has 1 aliphatic heterocycles. The highest BCUT2D eigenvalue weighted by atomic mass is 16.5. The molecule has 0 spiro atoms. The number of hydrogen-bond acceptors (Lipinski definition) is 1. The molecule has 0 radical (unpaired) electrons. The van der Waals surface area contributed by atoms with Gasteiger partial charge in [0, 0.05) is 11.6 Å². The number of nitrogens with zero attached hydrogens (tertiary/aromatic N) is 1. The van der Waals surface area contributed by atoms with Gasteiger partial charge in [-0.3, -0.25) is 0 Å². The number of ether oxygens (including phenoxy) is 1. The fraction of sp³-hybridized carbons (Fsp3) is 0.387. The van der Waals surface area contributed by atoms with Gasteiger partial charge in [-0.15, -0.1) is 0 Å². The van der Waals surface area contributed by atoms with Crippen LogP contribution in [0.25, 0.3) is 32.8 Å². The fourth-order valence-electron chi connectivity index (χ4n) is 5.64. The quantitative estimate of drug-likeness (QED) is 0.253. The molecule has 0 atom stereocenters. The number of aromatic nitrogens is 1. The van der Waals surface area contributed by atoms with Crippen molar-refractivity contribution >= 4 is 21.5 Å². The van der Waals surface area contributed by atoms with Crippen LogP contribution in [0.4, 0.5) is 0 Å². The third-order valence-electron chi connectivity index (χ3n) is 7.11. The predicted molar refractivity (Wildman–Crippen MR) is 140 cm³/mol. The molecule has 0 fully saturated rings. The molecule has 0 N–H and O–H groups in total. The second-order valence-electron chi connectivity index (χ2n) is 11.6. The van der Waals surface area contributed by atoms with E-state index < -0.39 is 0 Å². The second kappa shape index (κ2) is 7.32. The second-order valence-corrected chi connectivity index (χ2v) is 11.6. The standard InChI is InChI=1S/C31H36NO/c1-17(2)22-14-21-10-11-32(9)29-27-20(5)23-13-18(3)12-19(4)26(23)24(16-31(6,7)8)30(27)33-25(15-22)28(21)29/h10-15,17H,16H2,1-9H3/q+1. The first-order chi connectivity index (χ1) is 15.5. The van der Waals surface area contributed by atoms with E-state index in [4.69, 9.17) is 4.74 Å². The van der Waals surface area contributed by atoms with Crippen LogP contribution in [0.2, 0.25) is 0 Å². The van der Waals surface area contributed by atoms with Crippen molar-refractivity contribution in [2.24, 2.45) is 12.5 Å². The molecule has 0 saturated heterocycles. The van der Waals surface area contributed by atoms with E-state index in [-0.39, 0.29) is 5.41 Å². The molecule has 1 aliphatic rings. The molecule has 2 heteroatoms. The summed E-state index contributed by atoms with van der Waals surface area (Å²) in [6.45, 7) is 18.2. The van der Waals surface area contributed by atoms with Crippen molar-refractivity contribution < 1.29 is 9.30 Å². The third-order valence-corrected chi connectivity index (χ3v) is 7.11. The zero-order valence-corrected chi connectivity index (χ0v) is 21.6. The van der Waals surface area contributed by atoms with Crippen LogP contribution in [0.3, 0.4) is 0 Å². The van der Waals surface area contributed by atoms with Gasteiger partial charge in [0.15, 0.2) is 6.20 Å². The first-order valence-corrected chi connectivity index (χ1v) is 12.2. The number of aryl methyl sites for hydroxylation is 4. The molecule has 170 valence electrons. The largest absolute Gasteiger partial charge is 0.455 e. The summed E-state index contributed by atoms with van der Waals surface area (Å²) in [7, 11) is 2.17. The van der Waals surface area contributed by atoms with Gasteiger partial charge in [0.25, 0.3) is 0 Å². The van der Waals surface area contributed by atoms with E-state index in [1.807, 2.05) is 0 Å². The molecule has 0 bridgehead atoms. The van der Waals surface area contributed by atoms with Gasteiger partial charge in [-0.05, 0) is 77.4 Å². The van der Waals surface area contributed by atoms with E-state index in [0.29, 0.717) is 5.92 Å². The Labute approximate surface area is 198 Å². The minimum absolute atomic E-state index is 0.144. The van der Waals surface area contributed by atoms with Crippen molar-refractivity contribution in [1.82, 2.24) is 0 Å². The van der Waals surface area contributed by atoms with Crippen molar-refractivity contribution in [2.75, 3.05) is 0 Å². The lowest BCUT2D eigenvalue weighted by Crippen LogP contribution is -2.32. The van der Waals surface area contributed by atoms with Crippen LogP contribution in [0, 0.1) is 26.2 Å². The van der Waals surface area contributed by atoms with Gasteiger partial charge in [-0.25, -0.2) is 4.57 Å². The van der Waals surface area contributed by atoms with E-state index in [1.54, 1.807) is 0 Å². The third kappa shape index (κ3) is 3.42. The Bertz CT molecular complexity index is 1450. The van der Waals surface area contributed by atoms with Crippen molar-refractivity contribution in [3.05, 3.63) is 64.3 Å². The highest BCUT2D eigenvalue weighted by Gasteiger charge is 2.34. The van der Waals surface area contributed by atoms with Crippen molar-refractivity contribution in [2.45, 2.75) is 67.7 Å². The average Bonchev–Trinajstić information content (AvgIpc) is 2.71. The summed E-state index contributed by atoms with van der Waals surface area (Å²) in [5.74, 6) is 2.50. The van der Waals surface area contributed by atoms with Gasteiger partial charge < -0.3 is 4.74 Å². The topological polar surface area (TPSA) is 13.1 Å². The number of rotatable bonds is 2. The molecule has 0 unspecified atom stereocenters. The normalized spacial score (nSPS) is 13.0. The lowest BCUT2D eigenvalue weighted by Gasteiger charge is -2.29. The van der Waals surface area contributed by atoms with Crippen LogP contribution in [-0.2, 0) is 13.5 Å². The number of fused-ring (bicyclic) bond motifs is 3. The van der Waals surface area contributed by atoms with Crippen LogP contribution in [-0.4, -0.2) is 0 Å². The van der Waals surface area contributed by atoms with Crippen LogP contribution >= 0.6 is 0 Å². The number of pyridine rings is 1. The number of hydrogen-bond donors (Lipinski definition) is 0. The maximum atomic E-state index is 6.93. The first kappa shape index (κ1) is 21.9. The van der Waals surface area contributed by atoms with Crippen molar-refractivity contribution in [3.63, 3.8) is 0 Å². The van der Waals surface area contributed by atoms with Crippen LogP contribution < -0.4 is 9.30 Å². The summed E-state index contributed by atoms with van der Waals surface area (Å²) < 4.78 is 9.22. The lowest BCUT2D eigenvalue weighted by molar-refractivity contribution is -0.659. The molecule has 0 aliphatic carbocycles. The van der Waals surface area contributed by atoms with Gasteiger partial charge in [-0.2, -0.15) is 0 Å². The van der Waals surface area contributed by atoms with Gasteiger partial charge in [-0.1, -0.05) is 58.4 Å². The maximum absolute atomic E-state index is 6.93. The van der Waals surface area contributed by atoms with Crippen LogP contribution in [0.15, 0.2) is 36.5 Å². The minimum Gasteiger partial charge on any atom is -0.455 e. The molecule has 1 aromatic heterocycles. The van der Waals surface area contributed by atoms with Crippen LogP contribution in [0.1, 0.15) is 68.4 Å². The molecule has 2 nitrogen and oxygen atoms in total.